The summed E-state index contributed by atoms with van der Waals surface area (Å²) >= 11 is 6.37. The fourth-order valence-electron chi connectivity index (χ4n) is 0.902. The van der Waals surface area contributed by atoms with E-state index in [0.717, 1.165) is 5.56 Å². The molecule has 0 saturated heterocycles. The Morgan fingerprint density at radius 3 is 2.31 bits per heavy atom. The molecule has 1 aromatic rings. The molecule has 0 aliphatic carbocycles. The first-order valence-corrected chi connectivity index (χ1v) is 6.44. The lowest BCUT2D eigenvalue weighted by Gasteiger charge is -2.05. The van der Waals surface area contributed by atoms with Gasteiger partial charge in [-0.05, 0) is 40.5 Å². The van der Waals surface area contributed by atoms with E-state index in [9.17, 15) is 8.42 Å². The molecule has 6 heteroatoms. The summed E-state index contributed by atoms with van der Waals surface area (Å²) in [5, 5.41) is 5.02. The van der Waals surface area contributed by atoms with E-state index in [0.29, 0.717) is 8.95 Å². The van der Waals surface area contributed by atoms with Crippen molar-refractivity contribution in [1.82, 2.24) is 0 Å². The Balaban J connectivity index is 3.56. The predicted octanol–water partition coefficient (Wildman–Crippen LogP) is 2.17. The smallest absolute Gasteiger partial charge is 0.225 e. The van der Waals surface area contributed by atoms with Crippen molar-refractivity contribution in [3.05, 3.63) is 26.6 Å². The Bertz CT molecular complexity index is 442. The van der Waals surface area contributed by atoms with Crippen LogP contribution in [0.5, 0.6) is 0 Å². The van der Waals surface area contributed by atoms with Crippen LogP contribution in [0.1, 0.15) is 5.56 Å². The summed E-state index contributed by atoms with van der Waals surface area (Å²) < 4.78 is 23.4. The molecule has 0 amide bonds. The van der Waals surface area contributed by atoms with Gasteiger partial charge in [0.2, 0.25) is 10.0 Å². The van der Waals surface area contributed by atoms with Gasteiger partial charge in [0.1, 0.15) is 0 Å². The summed E-state index contributed by atoms with van der Waals surface area (Å²) in [7, 11) is -3.66. The number of aryl methyl sites for hydroxylation is 1. The molecule has 3 nitrogen and oxygen atoms in total. The van der Waals surface area contributed by atoms with Crippen LogP contribution >= 0.6 is 31.9 Å². The van der Waals surface area contributed by atoms with Crippen molar-refractivity contribution in [3.63, 3.8) is 0 Å². The second kappa shape index (κ2) is 3.68. The first-order valence-electron chi connectivity index (χ1n) is 3.31. The van der Waals surface area contributed by atoms with Gasteiger partial charge in [-0.15, -0.1) is 0 Å². The van der Waals surface area contributed by atoms with Gasteiger partial charge in [-0.25, -0.2) is 13.6 Å². The molecule has 0 radical (unpaired) electrons. The molecular weight excluding hydrogens is 322 g/mol. The summed E-state index contributed by atoms with van der Waals surface area (Å²) in [5.74, 6) is 0. The van der Waals surface area contributed by atoms with Crippen molar-refractivity contribution in [2.45, 2.75) is 11.8 Å². The largest absolute Gasteiger partial charge is 0.239 e. The van der Waals surface area contributed by atoms with Crippen LogP contribution in [-0.4, -0.2) is 8.42 Å². The fourth-order valence-corrected chi connectivity index (χ4v) is 3.23. The Morgan fingerprint density at radius 2 is 1.85 bits per heavy atom. The minimum absolute atomic E-state index is 0.0966. The molecule has 0 unspecified atom stereocenters. The highest BCUT2D eigenvalue weighted by Gasteiger charge is 2.14. The molecule has 13 heavy (non-hydrogen) atoms. The quantitative estimate of drug-likeness (QED) is 0.858. The van der Waals surface area contributed by atoms with Crippen LogP contribution in [0.25, 0.3) is 0 Å². The molecule has 0 atom stereocenters. The monoisotopic (exact) mass is 327 g/mol. The van der Waals surface area contributed by atoms with Crippen LogP contribution in [-0.2, 0) is 10.0 Å². The van der Waals surface area contributed by atoms with Gasteiger partial charge in [0.15, 0.2) is 0 Å². The van der Waals surface area contributed by atoms with Crippen LogP contribution in [0.2, 0.25) is 0 Å². The second-order valence-electron chi connectivity index (χ2n) is 2.58. The molecule has 0 bridgehead atoms. The third-order valence-electron chi connectivity index (χ3n) is 1.49. The highest BCUT2D eigenvalue weighted by Crippen LogP contribution is 2.28. The van der Waals surface area contributed by atoms with Gasteiger partial charge in [-0.3, -0.25) is 0 Å². The molecule has 1 rings (SSSR count). The standard InChI is InChI=1S/C7H7Br2NO2S/c1-4-2-5(8)3-6(7(4)9)13(10,11)12/h2-3H,1H3,(H2,10,11,12). The van der Waals surface area contributed by atoms with Crippen molar-refractivity contribution in [1.29, 1.82) is 0 Å². The minimum Gasteiger partial charge on any atom is -0.225 e. The molecule has 0 aliphatic rings. The van der Waals surface area contributed by atoms with Gasteiger partial charge in [-0.1, -0.05) is 15.9 Å². The Kier molecular flexibility index (Phi) is 3.16. The van der Waals surface area contributed by atoms with Crippen molar-refractivity contribution in [3.8, 4) is 0 Å². The van der Waals surface area contributed by atoms with Gasteiger partial charge < -0.3 is 0 Å². The van der Waals surface area contributed by atoms with E-state index in [4.69, 9.17) is 5.14 Å². The lowest BCUT2D eigenvalue weighted by Crippen LogP contribution is -2.13. The maximum Gasteiger partial charge on any atom is 0.239 e. The SMILES string of the molecule is Cc1cc(Br)cc(S(N)(=O)=O)c1Br. The number of hydrogen-bond acceptors (Lipinski definition) is 2. The van der Waals surface area contributed by atoms with Crippen LogP contribution in [0.15, 0.2) is 26.0 Å². The normalized spacial score (nSPS) is 11.7. The van der Waals surface area contributed by atoms with Crippen molar-refractivity contribution < 1.29 is 8.42 Å². The molecule has 0 heterocycles. The zero-order chi connectivity index (χ0) is 10.2. The summed E-state index contributed by atoms with van der Waals surface area (Å²) in [6, 6.07) is 3.27. The highest BCUT2D eigenvalue weighted by molar-refractivity contribution is 9.11. The zero-order valence-electron chi connectivity index (χ0n) is 6.71. The number of rotatable bonds is 1. The van der Waals surface area contributed by atoms with Gasteiger partial charge in [0, 0.05) is 8.95 Å². The molecule has 0 fully saturated rings. The van der Waals surface area contributed by atoms with Crippen LogP contribution < -0.4 is 5.14 Å². The molecule has 0 saturated carbocycles. The van der Waals surface area contributed by atoms with E-state index in [1.807, 2.05) is 0 Å². The summed E-state index contributed by atoms with van der Waals surface area (Å²) in [6.45, 7) is 1.80. The first-order chi connectivity index (χ1) is 5.82. The lowest BCUT2D eigenvalue weighted by molar-refractivity contribution is 0.597. The van der Waals surface area contributed by atoms with Crippen LogP contribution in [0.4, 0.5) is 0 Å². The number of hydrogen-bond donors (Lipinski definition) is 1. The molecule has 0 aliphatic heterocycles. The average molecular weight is 329 g/mol. The van der Waals surface area contributed by atoms with Crippen molar-refractivity contribution >= 4 is 41.9 Å². The number of benzene rings is 1. The number of halogens is 2. The minimum atomic E-state index is -3.66. The Hall–Kier alpha value is 0.0900. The molecule has 0 aromatic heterocycles. The van der Waals surface area contributed by atoms with Crippen LogP contribution in [0, 0.1) is 6.92 Å². The molecule has 0 spiro atoms. The van der Waals surface area contributed by atoms with Gasteiger partial charge in [-0.2, -0.15) is 0 Å². The molecule has 2 N–H and O–H groups in total. The average Bonchev–Trinajstić information content (AvgIpc) is 1.94. The van der Waals surface area contributed by atoms with Gasteiger partial charge in [0.05, 0.1) is 4.90 Å². The third-order valence-corrected chi connectivity index (χ3v) is 4.20. The Morgan fingerprint density at radius 1 is 1.31 bits per heavy atom. The third kappa shape index (κ3) is 2.52. The van der Waals surface area contributed by atoms with E-state index in [-0.39, 0.29) is 4.90 Å². The molecule has 1 aromatic carbocycles. The van der Waals surface area contributed by atoms with Crippen molar-refractivity contribution in [2.24, 2.45) is 5.14 Å². The predicted molar refractivity (Wildman–Crippen MR) is 58.0 cm³/mol. The van der Waals surface area contributed by atoms with E-state index in [2.05, 4.69) is 31.9 Å². The fraction of sp³-hybridized carbons (Fsp3) is 0.143. The van der Waals surface area contributed by atoms with E-state index in [1.54, 1.807) is 13.0 Å². The maximum atomic E-state index is 11.1. The highest BCUT2D eigenvalue weighted by atomic mass is 79.9. The maximum absolute atomic E-state index is 11.1. The summed E-state index contributed by atoms with van der Waals surface area (Å²) in [6.07, 6.45) is 0. The van der Waals surface area contributed by atoms with Gasteiger partial charge >= 0.3 is 0 Å². The van der Waals surface area contributed by atoms with E-state index < -0.39 is 10.0 Å². The number of sulfonamides is 1. The summed E-state index contributed by atoms with van der Waals surface area (Å²) in [5.41, 5.74) is 0.818. The van der Waals surface area contributed by atoms with Gasteiger partial charge in [0.25, 0.3) is 0 Å². The first kappa shape index (κ1) is 11.2. The van der Waals surface area contributed by atoms with Crippen molar-refractivity contribution in [2.75, 3.05) is 0 Å². The number of primary sulfonamides is 1. The zero-order valence-corrected chi connectivity index (χ0v) is 10.7. The van der Waals surface area contributed by atoms with E-state index in [1.165, 1.54) is 6.07 Å². The van der Waals surface area contributed by atoms with E-state index >= 15 is 0 Å². The lowest BCUT2D eigenvalue weighted by atomic mass is 10.2. The second-order valence-corrected chi connectivity index (χ2v) is 5.82. The topological polar surface area (TPSA) is 60.2 Å². The Labute approximate surface area is 93.6 Å². The van der Waals surface area contributed by atoms with Crippen LogP contribution in [0.3, 0.4) is 0 Å². The summed E-state index contributed by atoms with van der Waals surface area (Å²) in [4.78, 5) is 0.0966. The molecular formula is C7H7Br2NO2S. The number of nitrogens with two attached hydrogens (primary N) is 1. The molecule has 72 valence electrons.